The molecule has 4 nitrogen and oxygen atoms in total. The van der Waals surface area contributed by atoms with E-state index in [0.29, 0.717) is 24.2 Å². The number of nitrogens with one attached hydrogen (secondary N) is 1. The molecule has 0 aliphatic carbocycles. The summed E-state index contributed by atoms with van der Waals surface area (Å²) >= 11 is 0. The number of amides is 1. The fourth-order valence-electron chi connectivity index (χ4n) is 2.36. The van der Waals surface area contributed by atoms with Crippen LogP contribution in [0.25, 0.3) is 0 Å². The molecule has 0 heterocycles. The van der Waals surface area contributed by atoms with E-state index in [-0.39, 0.29) is 11.5 Å². The number of carbonyl (C=O) groups excluding carboxylic acids is 1. The number of aryl methyl sites for hydroxylation is 1. The Morgan fingerprint density at radius 2 is 1.78 bits per heavy atom. The van der Waals surface area contributed by atoms with E-state index in [0.717, 1.165) is 5.56 Å². The second kappa shape index (κ2) is 7.54. The van der Waals surface area contributed by atoms with Gasteiger partial charge in [-0.3, -0.25) is 4.79 Å². The number of halogens is 1. The first-order valence-electron chi connectivity index (χ1n) is 7.28. The molecular formula is C18H19FN2O2. The Kier molecular flexibility index (Phi) is 5.46. The zero-order valence-corrected chi connectivity index (χ0v) is 12.9. The number of ether oxygens (including phenoxy) is 1. The van der Waals surface area contributed by atoms with E-state index in [4.69, 9.17) is 15.9 Å². The first-order valence-corrected chi connectivity index (χ1v) is 7.28. The Hall–Kier alpha value is -2.69. The normalized spacial score (nSPS) is 11.7. The molecule has 120 valence electrons. The largest absolute Gasteiger partial charge is 0.497 e. The van der Waals surface area contributed by atoms with Crippen molar-refractivity contribution in [2.75, 3.05) is 7.11 Å². The van der Waals surface area contributed by atoms with E-state index in [9.17, 15) is 9.18 Å². The molecule has 0 aromatic heterocycles. The molecule has 1 atom stereocenters. The van der Waals surface area contributed by atoms with Gasteiger partial charge in [-0.1, -0.05) is 12.1 Å². The summed E-state index contributed by atoms with van der Waals surface area (Å²) in [4.78, 5) is 11.7. The van der Waals surface area contributed by atoms with Gasteiger partial charge >= 0.3 is 0 Å². The molecule has 3 N–H and O–H groups in total. The monoisotopic (exact) mass is 314 g/mol. The van der Waals surface area contributed by atoms with Gasteiger partial charge in [0, 0.05) is 0 Å². The number of rotatable bonds is 7. The number of hydrogen-bond acceptors (Lipinski definition) is 3. The molecule has 0 bridgehead atoms. The van der Waals surface area contributed by atoms with Crippen LogP contribution < -0.4 is 10.5 Å². The Labute approximate surface area is 134 Å². The molecule has 2 aromatic rings. The summed E-state index contributed by atoms with van der Waals surface area (Å²) in [6, 6.07) is 13.0. The Bertz CT molecular complexity index is 681. The number of primary amides is 1. The molecule has 0 spiro atoms. The standard InChI is InChI=1S/C18H19FN2O2/c1-23-15-9-5-13(6-10-15)17(20)16(18(21)22)11-4-12-2-7-14(19)8-3-12/h2-3,5-10,16,20H,4,11H2,1H3,(H2,21,22). The number of methoxy groups -OCH3 is 1. The van der Waals surface area contributed by atoms with Crippen LogP contribution in [0.3, 0.4) is 0 Å². The molecule has 0 fully saturated rings. The van der Waals surface area contributed by atoms with Gasteiger partial charge in [-0.15, -0.1) is 0 Å². The lowest BCUT2D eigenvalue weighted by Gasteiger charge is -2.15. The predicted octanol–water partition coefficient (Wildman–Crippen LogP) is 2.94. The van der Waals surface area contributed by atoms with Gasteiger partial charge in [-0.25, -0.2) is 4.39 Å². The zero-order valence-electron chi connectivity index (χ0n) is 12.9. The number of nitrogens with two attached hydrogens (primary N) is 1. The number of benzene rings is 2. The maximum absolute atomic E-state index is 12.9. The van der Waals surface area contributed by atoms with Crippen molar-refractivity contribution in [2.24, 2.45) is 11.7 Å². The average molecular weight is 314 g/mol. The Morgan fingerprint density at radius 1 is 1.17 bits per heavy atom. The maximum Gasteiger partial charge on any atom is 0.226 e. The third-order valence-electron chi connectivity index (χ3n) is 3.73. The van der Waals surface area contributed by atoms with Crippen molar-refractivity contribution in [3.8, 4) is 5.75 Å². The van der Waals surface area contributed by atoms with Crippen molar-refractivity contribution < 1.29 is 13.9 Å². The third kappa shape index (κ3) is 4.39. The summed E-state index contributed by atoms with van der Waals surface area (Å²) in [5.74, 6) is -0.837. The van der Waals surface area contributed by atoms with Gasteiger partial charge in [0.25, 0.3) is 0 Å². The van der Waals surface area contributed by atoms with E-state index < -0.39 is 11.8 Å². The van der Waals surface area contributed by atoms with Gasteiger partial charge in [0.15, 0.2) is 0 Å². The highest BCUT2D eigenvalue weighted by Gasteiger charge is 2.22. The maximum atomic E-state index is 12.9. The SMILES string of the molecule is COc1ccc(C(=N)C(CCc2ccc(F)cc2)C(N)=O)cc1. The van der Waals surface area contributed by atoms with Crippen LogP contribution in [0.15, 0.2) is 48.5 Å². The second-order valence-corrected chi connectivity index (χ2v) is 5.26. The zero-order chi connectivity index (χ0) is 16.8. The lowest BCUT2D eigenvalue weighted by Crippen LogP contribution is -2.31. The van der Waals surface area contributed by atoms with Gasteiger partial charge in [0.2, 0.25) is 5.91 Å². The first kappa shape index (κ1) is 16.7. The summed E-state index contributed by atoms with van der Waals surface area (Å²) in [7, 11) is 1.56. The highest BCUT2D eigenvalue weighted by Crippen LogP contribution is 2.18. The Morgan fingerprint density at radius 3 is 2.30 bits per heavy atom. The van der Waals surface area contributed by atoms with Crippen LogP contribution in [0.2, 0.25) is 0 Å². The molecule has 1 unspecified atom stereocenters. The molecule has 5 heteroatoms. The predicted molar refractivity (Wildman–Crippen MR) is 87.2 cm³/mol. The van der Waals surface area contributed by atoms with Gasteiger partial charge in [-0.05, 0) is 60.4 Å². The third-order valence-corrected chi connectivity index (χ3v) is 3.73. The van der Waals surface area contributed by atoms with Gasteiger partial charge < -0.3 is 15.9 Å². The fraction of sp³-hybridized carbons (Fsp3) is 0.222. The highest BCUT2D eigenvalue weighted by molar-refractivity contribution is 6.11. The van der Waals surface area contributed by atoms with Crippen molar-refractivity contribution in [2.45, 2.75) is 12.8 Å². The smallest absolute Gasteiger partial charge is 0.226 e. The van der Waals surface area contributed by atoms with Gasteiger partial charge in [0.1, 0.15) is 11.6 Å². The van der Waals surface area contributed by atoms with Crippen LogP contribution >= 0.6 is 0 Å². The van der Waals surface area contributed by atoms with Crippen LogP contribution in [-0.2, 0) is 11.2 Å². The highest BCUT2D eigenvalue weighted by atomic mass is 19.1. The topological polar surface area (TPSA) is 76.2 Å². The average Bonchev–Trinajstić information content (AvgIpc) is 2.56. The minimum atomic E-state index is -0.687. The molecule has 0 aliphatic heterocycles. The van der Waals surface area contributed by atoms with Crippen molar-refractivity contribution in [3.05, 3.63) is 65.5 Å². The van der Waals surface area contributed by atoms with E-state index in [1.807, 2.05) is 0 Å². The molecule has 2 aromatic carbocycles. The second-order valence-electron chi connectivity index (χ2n) is 5.26. The first-order chi connectivity index (χ1) is 11.0. The molecule has 23 heavy (non-hydrogen) atoms. The van der Waals surface area contributed by atoms with Gasteiger partial charge in [-0.2, -0.15) is 0 Å². The minimum absolute atomic E-state index is 0.183. The van der Waals surface area contributed by atoms with E-state index in [2.05, 4.69) is 0 Å². The van der Waals surface area contributed by atoms with Crippen LogP contribution in [0.4, 0.5) is 4.39 Å². The summed E-state index contributed by atoms with van der Waals surface area (Å²) in [5, 5.41) is 8.24. The van der Waals surface area contributed by atoms with Crippen molar-refractivity contribution in [3.63, 3.8) is 0 Å². The van der Waals surface area contributed by atoms with Crippen LogP contribution in [-0.4, -0.2) is 18.7 Å². The quantitative estimate of drug-likeness (QED) is 0.771. The number of hydrogen-bond donors (Lipinski definition) is 2. The summed E-state index contributed by atoms with van der Waals surface area (Å²) in [6.45, 7) is 0. The van der Waals surface area contributed by atoms with Crippen LogP contribution in [0.1, 0.15) is 17.5 Å². The number of carbonyl (C=O) groups is 1. The molecule has 0 aliphatic rings. The molecule has 0 saturated heterocycles. The molecule has 1 amide bonds. The lowest BCUT2D eigenvalue weighted by molar-refractivity contribution is -0.120. The fourth-order valence-corrected chi connectivity index (χ4v) is 2.36. The molecule has 2 rings (SSSR count). The summed E-state index contributed by atoms with van der Waals surface area (Å²) in [5.41, 5.74) is 7.17. The van der Waals surface area contributed by atoms with Crippen LogP contribution in [0, 0.1) is 17.1 Å². The molecule has 0 saturated carbocycles. The van der Waals surface area contributed by atoms with Crippen molar-refractivity contribution in [1.29, 1.82) is 5.41 Å². The van der Waals surface area contributed by atoms with E-state index >= 15 is 0 Å². The lowest BCUT2D eigenvalue weighted by atomic mass is 9.90. The van der Waals surface area contributed by atoms with Gasteiger partial charge in [0.05, 0.1) is 18.7 Å². The van der Waals surface area contributed by atoms with Crippen LogP contribution in [0.5, 0.6) is 5.75 Å². The minimum Gasteiger partial charge on any atom is -0.497 e. The summed E-state index contributed by atoms with van der Waals surface area (Å²) in [6.07, 6.45) is 0.957. The van der Waals surface area contributed by atoms with Crippen molar-refractivity contribution in [1.82, 2.24) is 0 Å². The van der Waals surface area contributed by atoms with E-state index in [1.54, 1.807) is 43.5 Å². The van der Waals surface area contributed by atoms with E-state index in [1.165, 1.54) is 12.1 Å². The molecular weight excluding hydrogens is 295 g/mol. The van der Waals surface area contributed by atoms with Crippen molar-refractivity contribution >= 4 is 11.6 Å². The summed E-state index contributed by atoms with van der Waals surface area (Å²) < 4.78 is 18.0. The Balaban J connectivity index is 2.08. The molecule has 0 radical (unpaired) electrons.